The Bertz CT molecular complexity index is 1270. The highest BCUT2D eigenvalue weighted by Crippen LogP contribution is 2.51. The predicted molar refractivity (Wildman–Crippen MR) is 126 cm³/mol. The van der Waals surface area contributed by atoms with E-state index < -0.39 is 0 Å². The van der Waals surface area contributed by atoms with E-state index in [-0.39, 0.29) is 23.0 Å². The van der Waals surface area contributed by atoms with Crippen LogP contribution < -0.4 is 14.2 Å². The highest BCUT2D eigenvalue weighted by Gasteiger charge is 2.23. The van der Waals surface area contributed by atoms with Crippen molar-refractivity contribution in [3.05, 3.63) is 84.4 Å². The van der Waals surface area contributed by atoms with Gasteiger partial charge in [-0.25, -0.2) is 0 Å². The molecule has 0 fully saturated rings. The highest BCUT2D eigenvalue weighted by atomic mass is 16.5. The molecule has 0 saturated carbocycles. The summed E-state index contributed by atoms with van der Waals surface area (Å²) in [5.41, 5.74) is 2.79. The van der Waals surface area contributed by atoms with E-state index in [1.807, 2.05) is 30.3 Å². The summed E-state index contributed by atoms with van der Waals surface area (Å²) in [4.78, 5) is 0. The molecule has 0 spiro atoms. The lowest BCUT2D eigenvalue weighted by molar-refractivity contribution is 0.289. The molecular formula is C27H24O6. The van der Waals surface area contributed by atoms with Crippen molar-refractivity contribution in [2.45, 2.75) is 6.61 Å². The lowest BCUT2D eigenvalue weighted by Crippen LogP contribution is -1.97. The van der Waals surface area contributed by atoms with Gasteiger partial charge < -0.3 is 29.5 Å². The normalized spacial score (nSPS) is 10.6. The fraction of sp³-hybridized carbons (Fsp3) is 0.111. The van der Waals surface area contributed by atoms with Crippen molar-refractivity contribution in [2.24, 2.45) is 0 Å². The van der Waals surface area contributed by atoms with Crippen molar-refractivity contribution in [1.82, 2.24) is 0 Å². The van der Waals surface area contributed by atoms with Crippen molar-refractivity contribution in [2.75, 3.05) is 14.2 Å². The number of aromatic hydroxyl groups is 3. The van der Waals surface area contributed by atoms with Crippen LogP contribution in [0.15, 0.2) is 78.9 Å². The van der Waals surface area contributed by atoms with Crippen LogP contribution in [0.2, 0.25) is 0 Å². The molecular weight excluding hydrogens is 420 g/mol. The SMILES string of the molecule is COc1cc(-c2ccccc2O)c(OC)c(O)c1-c1ccc(OCc2ccccc2)c(O)c1. The molecule has 33 heavy (non-hydrogen) atoms. The number of hydrogen-bond acceptors (Lipinski definition) is 6. The first-order chi connectivity index (χ1) is 16.0. The fourth-order valence-corrected chi connectivity index (χ4v) is 3.70. The second-order valence-corrected chi connectivity index (χ2v) is 7.36. The minimum atomic E-state index is -0.174. The number of hydrogen-bond donors (Lipinski definition) is 3. The predicted octanol–water partition coefficient (Wildman–Crippen LogP) is 5.73. The second kappa shape index (κ2) is 9.44. The Hall–Kier alpha value is -4.32. The van der Waals surface area contributed by atoms with Gasteiger partial charge in [-0.05, 0) is 35.4 Å². The molecule has 0 amide bonds. The van der Waals surface area contributed by atoms with Crippen LogP contribution >= 0.6 is 0 Å². The van der Waals surface area contributed by atoms with Crippen molar-refractivity contribution in [3.63, 3.8) is 0 Å². The Morgan fingerprint density at radius 2 is 1.39 bits per heavy atom. The summed E-state index contributed by atoms with van der Waals surface area (Å²) in [5, 5.41) is 32.0. The lowest BCUT2D eigenvalue weighted by atomic mass is 9.96. The second-order valence-electron chi connectivity index (χ2n) is 7.36. The topological polar surface area (TPSA) is 88.4 Å². The van der Waals surface area contributed by atoms with Gasteiger partial charge in [-0.2, -0.15) is 0 Å². The van der Waals surface area contributed by atoms with Crippen LogP contribution in [-0.4, -0.2) is 29.5 Å². The van der Waals surface area contributed by atoms with E-state index in [1.54, 1.807) is 42.5 Å². The van der Waals surface area contributed by atoms with E-state index in [4.69, 9.17) is 14.2 Å². The third kappa shape index (κ3) is 4.36. The Morgan fingerprint density at radius 1 is 0.667 bits per heavy atom. The molecule has 4 aromatic rings. The van der Waals surface area contributed by atoms with Crippen molar-refractivity contribution in [3.8, 4) is 56.8 Å². The van der Waals surface area contributed by atoms with Crippen LogP contribution in [0.25, 0.3) is 22.3 Å². The van der Waals surface area contributed by atoms with Gasteiger partial charge >= 0.3 is 0 Å². The van der Waals surface area contributed by atoms with Gasteiger partial charge in [-0.1, -0.05) is 54.6 Å². The van der Waals surface area contributed by atoms with Gasteiger partial charge in [0.25, 0.3) is 0 Å². The third-order valence-electron chi connectivity index (χ3n) is 5.32. The molecule has 0 heterocycles. The van der Waals surface area contributed by atoms with E-state index in [1.165, 1.54) is 20.3 Å². The number of methoxy groups -OCH3 is 2. The number of rotatable bonds is 7. The molecule has 0 bridgehead atoms. The van der Waals surface area contributed by atoms with E-state index in [9.17, 15) is 15.3 Å². The van der Waals surface area contributed by atoms with Gasteiger partial charge in [-0.3, -0.25) is 0 Å². The van der Waals surface area contributed by atoms with E-state index in [2.05, 4.69) is 0 Å². The molecule has 4 rings (SSSR count). The third-order valence-corrected chi connectivity index (χ3v) is 5.32. The van der Waals surface area contributed by atoms with Gasteiger partial charge in [-0.15, -0.1) is 0 Å². The zero-order valence-corrected chi connectivity index (χ0v) is 18.3. The first-order valence-electron chi connectivity index (χ1n) is 10.3. The molecule has 6 heteroatoms. The summed E-state index contributed by atoms with van der Waals surface area (Å²) < 4.78 is 16.8. The van der Waals surface area contributed by atoms with Crippen molar-refractivity contribution in [1.29, 1.82) is 0 Å². The van der Waals surface area contributed by atoms with E-state index in [0.717, 1.165) is 5.56 Å². The molecule has 0 unspecified atom stereocenters. The Balaban J connectivity index is 1.74. The van der Waals surface area contributed by atoms with Gasteiger partial charge in [0.2, 0.25) is 0 Å². The molecule has 4 aromatic carbocycles. The Labute approximate surface area is 191 Å². The van der Waals surface area contributed by atoms with Gasteiger partial charge in [0.05, 0.1) is 19.8 Å². The minimum Gasteiger partial charge on any atom is -0.507 e. The molecule has 0 aliphatic heterocycles. The molecule has 0 aromatic heterocycles. The number of phenols is 3. The van der Waals surface area contributed by atoms with Crippen LogP contribution in [0.1, 0.15) is 5.56 Å². The lowest BCUT2D eigenvalue weighted by Gasteiger charge is -2.19. The first-order valence-corrected chi connectivity index (χ1v) is 10.3. The van der Waals surface area contributed by atoms with Crippen molar-refractivity contribution >= 4 is 0 Å². The number of ether oxygens (including phenoxy) is 3. The van der Waals surface area contributed by atoms with Gasteiger partial charge in [0.1, 0.15) is 18.1 Å². The molecule has 0 saturated heterocycles. The summed E-state index contributed by atoms with van der Waals surface area (Å²) in [6, 6.07) is 22.9. The largest absolute Gasteiger partial charge is 0.507 e. The quantitative estimate of drug-likeness (QED) is 0.337. The zero-order chi connectivity index (χ0) is 23.4. The van der Waals surface area contributed by atoms with E-state index in [0.29, 0.717) is 40.4 Å². The Morgan fingerprint density at radius 3 is 2.06 bits per heavy atom. The molecule has 168 valence electrons. The van der Waals surface area contributed by atoms with Crippen LogP contribution in [0.5, 0.6) is 34.5 Å². The maximum atomic E-state index is 11.1. The number of para-hydroxylation sites is 1. The zero-order valence-electron chi connectivity index (χ0n) is 18.3. The summed E-state index contributed by atoms with van der Waals surface area (Å²) in [6.45, 7) is 0.311. The Kier molecular flexibility index (Phi) is 6.26. The smallest absolute Gasteiger partial charge is 0.170 e. The first kappa shape index (κ1) is 21.9. The number of benzene rings is 4. The van der Waals surface area contributed by atoms with Crippen LogP contribution in [0.4, 0.5) is 0 Å². The van der Waals surface area contributed by atoms with Crippen LogP contribution in [0.3, 0.4) is 0 Å². The maximum Gasteiger partial charge on any atom is 0.170 e. The van der Waals surface area contributed by atoms with Gasteiger partial charge in [0, 0.05) is 11.1 Å². The molecule has 3 N–H and O–H groups in total. The van der Waals surface area contributed by atoms with Crippen LogP contribution in [0, 0.1) is 0 Å². The summed E-state index contributed by atoms with van der Waals surface area (Å²) in [5.74, 6) is 0.641. The highest BCUT2D eigenvalue weighted by molar-refractivity contribution is 5.89. The van der Waals surface area contributed by atoms with E-state index >= 15 is 0 Å². The number of phenolic OH excluding ortho intramolecular Hbond substituents is 3. The molecule has 6 nitrogen and oxygen atoms in total. The fourth-order valence-electron chi connectivity index (χ4n) is 3.70. The minimum absolute atomic E-state index is 0.0440. The van der Waals surface area contributed by atoms with Crippen LogP contribution in [-0.2, 0) is 6.61 Å². The van der Waals surface area contributed by atoms with Crippen molar-refractivity contribution < 1.29 is 29.5 Å². The molecule has 0 radical (unpaired) electrons. The average molecular weight is 444 g/mol. The van der Waals surface area contributed by atoms with Gasteiger partial charge in [0.15, 0.2) is 23.0 Å². The molecule has 0 aliphatic rings. The average Bonchev–Trinajstić information content (AvgIpc) is 2.83. The molecule has 0 atom stereocenters. The molecule has 0 aliphatic carbocycles. The maximum absolute atomic E-state index is 11.1. The summed E-state index contributed by atoms with van der Waals surface area (Å²) >= 11 is 0. The monoisotopic (exact) mass is 444 g/mol. The summed E-state index contributed by atoms with van der Waals surface area (Å²) in [6.07, 6.45) is 0. The summed E-state index contributed by atoms with van der Waals surface area (Å²) in [7, 11) is 2.92. The standard InChI is InChI=1S/C27H24O6/c1-31-24-15-20(19-10-6-7-11-21(19)28)27(32-2)26(30)25(24)18-12-13-23(22(29)14-18)33-16-17-8-4-3-5-9-17/h3-15,28-30H,16H2,1-2H3.